The summed E-state index contributed by atoms with van der Waals surface area (Å²) in [5.74, 6) is 0.115. The number of aryl methyl sites for hydroxylation is 1. The van der Waals surface area contributed by atoms with Crippen LogP contribution in [0.5, 0.6) is 5.75 Å². The fourth-order valence-corrected chi connectivity index (χ4v) is 1.54. The fourth-order valence-electron chi connectivity index (χ4n) is 1.27. The van der Waals surface area contributed by atoms with Crippen LogP contribution in [0.2, 0.25) is 5.02 Å². The number of phenolic OH excluding ortho intramolecular Hbond substituents is 1. The first-order valence-electron chi connectivity index (χ1n) is 4.30. The smallest absolute Gasteiger partial charge is 0.127 e. The number of benzene rings is 1. The average molecular weight is 214 g/mol. The lowest BCUT2D eigenvalue weighted by atomic mass is 10.0. The third-order valence-corrected chi connectivity index (χ3v) is 2.25. The van der Waals surface area contributed by atoms with Crippen LogP contribution in [0.25, 0.3) is 0 Å². The van der Waals surface area contributed by atoms with Gasteiger partial charge in [0.25, 0.3) is 0 Å². The Morgan fingerprint density at radius 3 is 2.64 bits per heavy atom. The molecule has 1 aromatic carbocycles. The molecule has 0 spiro atoms. The molecule has 0 saturated carbocycles. The molecule has 3 nitrogen and oxygen atoms in total. The molecule has 0 heterocycles. The number of rotatable bonds is 2. The van der Waals surface area contributed by atoms with Crippen LogP contribution in [0.15, 0.2) is 17.3 Å². The summed E-state index contributed by atoms with van der Waals surface area (Å²) in [5, 5.41) is 22.1. The second-order valence-corrected chi connectivity index (χ2v) is 3.46. The Hall–Kier alpha value is -1.22. The number of nitrogens with zero attached hydrogens (tertiary/aromatic N) is 1. The third-order valence-electron chi connectivity index (χ3n) is 2.03. The monoisotopic (exact) mass is 213 g/mol. The summed E-state index contributed by atoms with van der Waals surface area (Å²) in [6.45, 7) is 3.58. The van der Waals surface area contributed by atoms with Crippen LogP contribution in [0.3, 0.4) is 0 Å². The Kier molecular flexibility index (Phi) is 3.36. The molecule has 0 aliphatic carbocycles. The van der Waals surface area contributed by atoms with Gasteiger partial charge in [0, 0.05) is 10.6 Å². The van der Waals surface area contributed by atoms with Crippen molar-refractivity contribution in [1.29, 1.82) is 0 Å². The predicted octanol–water partition coefficient (Wildman–Crippen LogP) is 2.94. The molecule has 1 aromatic rings. The van der Waals surface area contributed by atoms with Crippen LogP contribution in [-0.4, -0.2) is 16.0 Å². The molecule has 0 amide bonds. The zero-order valence-corrected chi connectivity index (χ0v) is 8.84. The molecule has 0 saturated heterocycles. The molecule has 0 aliphatic heterocycles. The summed E-state index contributed by atoms with van der Waals surface area (Å²) < 4.78 is 0. The Balaban J connectivity index is 3.33. The number of halogens is 1. The lowest BCUT2D eigenvalue weighted by molar-refractivity contribution is 0.318. The molecule has 1 rings (SSSR count). The van der Waals surface area contributed by atoms with E-state index in [1.54, 1.807) is 19.1 Å². The van der Waals surface area contributed by atoms with Crippen molar-refractivity contribution in [2.45, 2.75) is 20.3 Å². The van der Waals surface area contributed by atoms with E-state index >= 15 is 0 Å². The minimum absolute atomic E-state index is 0.115. The number of hydrogen-bond acceptors (Lipinski definition) is 3. The summed E-state index contributed by atoms with van der Waals surface area (Å²) in [6, 6.07) is 3.24. The Labute approximate surface area is 87.6 Å². The number of phenols is 1. The van der Waals surface area contributed by atoms with Crippen molar-refractivity contribution >= 4 is 17.3 Å². The van der Waals surface area contributed by atoms with Crippen LogP contribution < -0.4 is 0 Å². The molecule has 0 radical (unpaired) electrons. The normalized spacial score (nSPS) is 11.8. The van der Waals surface area contributed by atoms with Gasteiger partial charge in [0.15, 0.2) is 0 Å². The second kappa shape index (κ2) is 4.33. The zero-order chi connectivity index (χ0) is 10.7. The quantitative estimate of drug-likeness (QED) is 0.451. The van der Waals surface area contributed by atoms with Gasteiger partial charge in [-0.05, 0) is 31.0 Å². The minimum Gasteiger partial charge on any atom is -0.507 e. The molecule has 0 aliphatic rings. The Morgan fingerprint density at radius 2 is 2.14 bits per heavy atom. The van der Waals surface area contributed by atoms with E-state index in [9.17, 15) is 5.11 Å². The van der Waals surface area contributed by atoms with Crippen molar-refractivity contribution in [3.63, 3.8) is 0 Å². The molecular formula is C10H12ClNO2. The predicted molar refractivity (Wildman–Crippen MR) is 56.5 cm³/mol. The van der Waals surface area contributed by atoms with Gasteiger partial charge in [-0.25, -0.2) is 0 Å². The highest BCUT2D eigenvalue weighted by atomic mass is 35.5. The fraction of sp³-hybridized carbons (Fsp3) is 0.300. The summed E-state index contributed by atoms with van der Waals surface area (Å²) in [4.78, 5) is 0. The van der Waals surface area contributed by atoms with E-state index in [1.807, 2.05) is 6.92 Å². The Morgan fingerprint density at radius 1 is 1.50 bits per heavy atom. The molecule has 76 valence electrons. The molecule has 4 heteroatoms. The van der Waals surface area contributed by atoms with Crippen molar-refractivity contribution in [1.82, 2.24) is 0 Å². The molecule has 14 heavy (non-hydrogen) atoms. The standard InChI is InChI=1S/C10H12ClNO2/c1-3-9(12-14)8-5-7(11)4-6(2)10(8)13/h4-5,13-14H,3H2,1-2H3/b12-9-. The molecule has 0 atom stereocenters. The van der Waals surface area contributed by atoms with E-state index in [4.69, 9.17) is 16.8 Å². The van der Waals surface area contributed by atoms with Crippen LogP contribution in [-0.2, 0) is 0 Å². The summed E-state index contributed by atoms with van der Waals surface area (Å²) in [7, 11) is 0. The van der Waals surface area contributed by atoms with Gasteiger partial charge in [-0.1, -0.05) is 23.7 Å². The lowest BCUT2D eigenvalue weighted by Crippen LogP contribution is -2.00. The van der Waals surface area contributed by atoms with E-state index < -0.39 is 0 Å². The van der Waals surface area contributed by atoms with Gasteiger partial charge in [0.05, 0.1) is 5.71 Å². The minimum atomic E-state index is 0.115. The van der Waals surface area contributed by atoms with Crippen LogP contribution >= 0.6 is 11.6 Å². The molecular weight excluding hydrogens is 202 g/mol. The van der Waals surface area contributed by atoms with Gasteiger partial charge in [-0.2, -0.15) is 0 Å². The van der Waals surface area contributed by atoms with Crippen LogP contribution in [0.1, 0.15) is 24.5 Å². The summed E-state index contributed by atoms with van der Waals surface area (Å²) in [6.07, 6.45) is 0.532. The van der Waals surface area contributed by atoms with E-state index in [0.717, 1.165) is 0 Å². The van der Waals surface area contributed by atoms with E-state index in [1.165, 1.54) is 0 Å². The van der Waals surface area contributed by atoms with Crippen molar-refractivity contribution in [2.24, 2.45) is 5.16 Å². The largest absolute Gasteiger partial charge is 0.507 e. The molecule has 0 unspecified atom stereocenters. The van der Waals surface area contributed by atoms with Crippen molar-refractivity contribution in [3.8, 4) is 5.75 Å². The maximum atomic E-state index is 9.70. The highest BCUT2D eigenvalue weighted by Crippen LogP contribution is 2.27. The van der Waals surface area contributed by atoms with E-state index in [2.05, 4.69) is 5.16 Å². The van der Waals surface area contributed by atoms with Crippen LogP contribution in [0, 0.1) is 6.92 Å². The third kappa shape index (κ3) is 1.99. The Bertz CT molecular complexity index is 375. The van der Waals surface area contributed by atoms with Crippen molar-refractivity contribution in [2.75, 3.05) is 0 Å². The molecule has 2 N–H and O–H groups in total. The van der Waals surface area contributed by atoms with E-state index in [-0.39, 0.29) is 5.75 Å². The summed E-state index contributed by atoms with van der Waals surface area (Å²) in [5.41, 5.74) is 1.58. The first-order chi connectivity index (χ1) is 6.60. The number of hydrogen-bond donors (Lipinski definition) is 2. The van der Waals surface area contributed by atoms with Gasteiger partial charge < -0.3 is 10.3 Å². The summed E-state index contributed by atoms with van der Waals surface area (Å²) >= 11 is 5.83. The zero-order valence-electron chi connectivity index (χ0n) is 8.08. The number of aromatic hydroxyl groups is 1. The first-order valence-corrected chi connectivity index (χ1v) is 4.68. The van der Waals surface area contributed by atoms with Crippen LogP contribution in [0.4, 0.5) is 0 Å². The lowest BCUT2D eigenvalue weighted by Gasteiger charge is -2.07. The van der Waals surface area contributed by atoms with E-state index in [0.29, 0.717) is 28.3 Å². The van der Waals surface area contributed by atoms with Gasteiger partial charge in [0.2, 0.25) is 0 Å². The second-order valence-electron chi connectivity index (χ2n) is 3.02. The molecule has 0 bridgehead atoms. The van der Waals surface area contributed by atoms with Gasteiger partial charge in [-0.15, -0.1) is 0 Å². The van der Waals surface area contributed by atoms with Gasteiger partial charge in [-0.3, -0.25) is 0 Å². The maximum absolute atomic E-state index is 9.70. The molecule has 0 aromatic heterocycles. The highest BCUT2D eigenvalue weighted by molar-refractivity contribution is 6.31. The van der Waals surface area contributed by atoms with Crippen molar-refractivity contribution in [3.05, 3.63) is 28.3 Å². The van der Waals surface area contributed by atoms with Gasteiger partial charge >= 0.3 is 0 Å². The SMILES string of the molecule is CC/C(=N/O)c1cc(Cl)cc(C)c1O. The van der Waals surface area contributed by atoms with Crippen molar-refractivity contribution < 1.29 is 10.3 Å². The topological polar surface area (TPSA) is 52.8 Å². The molecule has 0 fully saturated rings. The number of oxime groups is 1. The maximum Gasteiger partial charge on any atom is 0.127 e. The van der Waals surface area contributed by atoms with Gasteiger partial charge in [0.1, 0.15) is 5.75 Å². The first kappa shape index (κ1) is 10.9. The highest BCUT2D eigenvalue weighted by Gasteiger charge is 2.11. The average Bonchev–Trinajstić information content (AvgIpc) is 2.15.